The van der Waals surface area contributed by atoms with Crippen molar-refractivity contribution in [1.82, 2.24) is 4.90 Å². The van der Waals surface area contributed by atoms with Gasteiger partial charge in [0.15, 0.2) is 0 Å². The second kappa shape index (κ2) is 6.16. The Morgan fingerprint density at radius 3 is 2.81 bits per heavy atom. The fourth-order valence-electron chi connectivity index (χ4n) is 2.88. The molecule has 0 N–H and O–H groups in total. The average molecular weight is 348 g/mol. The van der Waals surface area contributed by atoms with E-state index in [2.05, 4.69) is 15.9 Å². The van der Waals surface area contributed by atoms with Crippen molar-refractivity contribution >= 4 is 32.6 Å². The number of amides is 1. The van der Waals surface area contributed by atoms with Crippen molar-refractivity contribution in [3.8, 4) is 0 Å². The molecular formula is C17H18BrNO2. The topological polar surface area (TPSA) is 29.5 Å². The third kappa shape index (κ3) is 2.97. The SMILES string of the molecule is CC1CN(C(=O)c2cccc3ccccc23)CC(CBr)O1. The van der Waals surface area contributed by atoms with Crippen LogP contribution in [0.15, 0.2) is 42.5 Å². The van der Waals surface area contributed by atoms with Gasteiger partial charge < -0.3 is 9.64 Å². The first kappa shape index (κ1) is 14.5. The second-order valence-electron chi connectivity index (χ2n) is 5.46. The molecule has 4 heteroatoms. The highest BCUT2D eigenvalue weighted by Gasteiger charge is 2.28. The van der Waals surface area contributed by atoms with E-state index in [9.17, 15) is 4.79 Å². The van der Waals surface area contributed by atoms with Gasteiger partial charge in [0, 0.05) is 24.0 Å². The molecule has 110 valence electrons. The van der Waals surface area contributed by atoms with Gasteiger partial charge in [-0.25, -0.2) is 0 Å². The number of carbonyl (C=O) groups excluding carboxylic acids is 1. The minimum Gasteiger partial charge on any atom is -0.371 e. The molecule has 1 heterocycles. The first-order chi connectivity index (χ1) is 10.2. The lowest BCUT2D eigenvalue weighted by molar-refractivity contribution is -0.0559. The molecule has 3 nitrogen and oxygen atoms in total. The smallest absolute Gasteiger partial charge is 0.254 e. The van der Waals surface area contributed by atoms with Crippen LogP contribution in [0.2, 0.25) is 0 Å². The Bertz CT molecular complexity index is 653. The standard InChI is InChI=1S/C17H18BrNO2/c1-12-10-19(11-14(9-18)21-12)17(20)16-8-4-6-13-5-2-3-7-15(13)16/h2-8,12,14H,9-11H2,1H3. The predicted octanol–water partition coefficient (Wildman–Crippen LogP) is 3.46. The Morgan fingerprint density at radius 2 is 2.00 bits per heavy atom. The third-order valence-electron chi connectivity index (χ3n) is 3.81. The quantitative estimate of drug-likeness (QED) is 0.778. The largest absolute Gasteiger partial charge is 0.371 e. The maximum atomic E-state index is 12.9. The monoisotopic (exact) mass is 347 g/mol. The zero-order valence-electron chi connectivity index (χ0n) is 12.0. The summed E-state index contributed by atoms with van der Waals surface area (Å²) < 4.78 is 5.80. The minimum absolute atomic E-state index is 0.0627. The van der Waals surface area contributed by atoms with E-state index in [0.29, 0.717) is 13.1 Å². The van der Waals surface area contributed by atoms with Gasteiger partial charge >= 0.3 is 0 Å². The predicted molar refractivity (Wildman–Crippen MR) is 88.0 cm³/mol. The van der Waals surface area contributed by atoms with E-state index in [-0.39, 0.29) is 18.1 Å². The molecule has 1 aliphatic rings. The van der Waals surface area contributed by atoms with Crippen LogP contribution in [0.5, 0.6) is 0 Å². The summed E-state index contributed by atoms with van der Waals surface area (Å²) in [5, 5.41) is 2.86. The zero-order valence-corrected chi connectivity index (χ0v) is 13.5. The van der Waals surface area contributed by atoms with Gasteiger partial charge in [-0.2, -0.15) is 0 Å². The molecule has 1 saturated heterocycles. The molecule has 2 aromatic carbocycles. The summed E-state index contributed by atoms with van der Waals surface area (Å²) in [6.45, 7) is 3.29. The lowest BCUT2D eigenvalue weighted by Crippen LogP contribution is -2.49. The first-order valence-electron chi connectivity index (χ1n) is 7.17. The number of benzene rings is 2. The van der Waals surface area contributed by atoms with Crippen molar-refractivity contribution in [3.05, 3.63) is 48.0 Å². The molecule has 3 rings (SSSR count). The van der Waals surface area contributed by atoms with E-state index >= 15 is 0 Å². The van der Waals surface area contributed by atoms with E-state index < -0.39 is 0 Å². The Balaban J connectivity index is 1.93. The first-order valence-corrected chi connectivity index (χ1v) is 8.29. The van der Waals surface area contributed by atoms with Gasteiger partial charge in [-0.05, 0) is 23.8 Å². The van der Waals surface area contributed by atoms with Crippen LogP contribution in [0.25, 0.3) is 10.8 Å². The maximum absolute atomic E-state index is 12.9. The molecule has 2 unspecified atom stereocenters. The van der Waals surface area contributed by atoms with Crippen molar-refractivity contribution in [2.45, 2.75) is 19.1 Å². The molecule has 21 heavy (non-hydrogen) atoms. The summed E-state index contributed by atoms with van der Waals surface area (Å²) in [6.07, 6.45) is 0.132. The molecule has 0 spiro atoms. The highest BCUT2D eigenvalue weighted by Crippen LogP contribution is 2.22. The highest BCUT2D eigenvalue weighted by atomic mass is 79.9. The summed E-state index contributed by atoms with van der Waals surface area (Å²) in [5.41, 5.74) is 0.774. The molecule has 2 atom stereocenters. The van der Waals surface area contributed by atoms with Crippen molar-refractivity contribution < 1.29 is 9.53 Å². The number of carbonyl (C=O) groups is 1. The number of hydrogen-bond acceptors (Lipinski definition) is 2. The van der Waals surface area contributed by atoms with Crippen LogP contribution in [0, 0.1) is 0 Å². The van der Waals surface area contributed by atoms with Crippen LogP contribution in [-0.4, -0.2) is 41.4 Å². The Morgan fingerprint density at radius 1 is 1.24 bits per heavy atom. The third-order valence-corrected chi connectivity index (χ3v) is 4.53. The summed E-state index contributed by atoms with van der Waals surface area (Å²) in [4.78, 5) is 14.8. The van der Waals surface area contributed by atoms with E-state index in [1.807, 2.05) is 54.3 Å². The molecule has 2 aromatic rings. The van der Waals surface area contributed by atoms with Crippen LogP contribution >= 0.6 is 15.9 Å². The summed E-state index contributed by atoms with van der Waals surface area (Å²) in [7, 11) is 0. The molecule has 1 fully saturated rings. The number of alkyl halides is 1. The van der Waals surface area contributed by atoms with E-state index in [1.165, 1.54) is 0 Å². The van der Waals surface area contributed by atoms with Gasteiger partial charge in [0.25, 0.3) is 5.91 Å². The maximum Gasteiger partial charge on any atom is 0.254 e. The van der Waals surface area contributed by atoms with Gasteiger partial charge in [-0.3, -0.25) is 4.79 Å². The number of nitrogens with zero attached hydrogens (tertiary/aromatic N) is 1. The molecule has 0 bridgehead atoms. The van der Waals surface area contributed by atoms with Crippen LogP contribution in [0.3, 0.4) is 0 Å². The van der Waals surface area contributed by atoms with Gasteiger partial charge in [0.1, 0.15) is 0 Å². The molecule has 1 amide bonds. The number of ether oxygens (including phenoxy) is 1. The Hall–Kier alpha value is -1.39. The number of morpholine rings is 1. The fourth-order valence-corrected chi connectivity index (χ4v) is 3.24. The Labute approximate surface area is 133 Å². The normalized spacial score (nSPS) is 22.5. The van der Waals surface area contributed by atoms with Crippen LogP contribution in [0.4, 0.5) is 0 Å². The zero-order chi connectivity index (χ0) is 14.8. The van der Waals surface area contributed by atoms with E-state index in [1.54, 1.807) is 0 Å². The summed E-state index contributed by atoms with van der Waals surface area (Å²) in [6, 6.07) is 13.9. The Kier molecular flexibility index (Phi) is 4.27. The van der Waals surface area contributed by atoms with Gasteiger partial charge in [0.05, 0.1) is 12.2 Å². The van der Waals surface area contributed by atoms with Gasteiger partial charge in [-0.15, -0.1) is 0 Å². The number of hydrogen-bond donors (Lipinski definition) is 0. The molecule has 0 aliphatic carbocycles. The molecule has 0 aromatic heterocycles. The molecular weight excluding hydrogens is 330 g/mol. The van der Waals surface area contributed by atoms with Gasteiger partial charge in [-0.1, -0.05) is 52.3 Å². The highest BCUT2D eigenvalue weighted by molar-refractivity contribution is 9.09. The lowest BCUT2D eigenvalue weighted by Gasteiger charge is -2.36. The van der Waals surface area contributed by atoms with Crippen molar-refractivity contribution in [2.24, 2.45) is 0 Å². The number of halogens is 1. The van der Waals surface area contributed by atoms with Crippen molar-refractivity contribution in [1.29, 1.82) is 0 Å². The number of fused-ring (bicyclic) bond motifs is 1. The number of rotatable bonds is 2. The van der Waals surface area contributed by atoms with Crippen LogP contribution < -0.4 is 0 Å². The summed E-state index contributed by atoms with van der Waals surface area (Å²) >= 11 is 3.45. The van der Waals surface area contributed by atoms with Crippen LogP contribution in [-0.2, 0) is 4.74 Å². The second-order valence-corrected chi connectivity index (χ2v) is 6.11. The molecule has 0 radical (unpaired) electrons. The lowest BCUT2D eigenvalue weighted by atomic mass is 10.0. The van der Waals surface area contributed by atoms with Gasteiger partial charge in [0.2, 0.25) is 0 Å². The van der Waals surface area contributed by atoms with E-state index in [4.69, 9.17) is 4.74 Å². The average Bonchev–Trinajstić information content (AvgIpc) is 2.53. The van der Waals surface area contributed by atoms with E-state index in [0.717, 1.165) is 21.7 Å². The van der Waals surface area contributed by atoms with Crippen molar-refractivity contribution in [3.63, 3.8) is 0 Å². The fraction of sp³-hybridized carbons (Fsp3) is 0.353. The minimum atomic E-state index is 0.0627. The van der Waals surface area contributed by atoms with Crippen molar-refractivity contribution in [2.75, 3.05) is 18.4 Å². The van der Waals surface area contributed by atoms with Crippen LogP contribution in [0.1, 0.15) is 17.3 Å². The summed E-state index contributed by atoms with van der Waals surface area (Å²) in [5.74, 6) is 0.0906. The molecule has 1 aliphatic heterocycles. The molecule has 0 saturated carbocycles.